The normalized spacial score (nSPS) is 15.1. The van der Waals surface area contributed by atoms with Crippen molar-refractivity contribution in [2.75, 3.05) is 13.1 Å². The fourth-order valence-electron chi connectivity index (χ4n) is 2.99. The summed E-state index contributed by atoms with van der Waals surface area (Å²) >= 11 is 0. The first-order valence-corrected chi connectivity index (χ1v) is 9.26. The summed E-state index contributed by atoms with van der Waals surface area (Å²) in [5, 5.41) is 32.1. The Kier molecular flexibility index (Phi) is 6.64. The molecule has 0 aliphatic carbocycles. The Bertz CT molecular complexity index is 951. The summed E-state index contributed by atoms with van der Waals surface area (Å²) in [4.78, 5) is 35.5. The lowest BCUT2D eigenvalue weighted by Gasteiger charge is -2.28. The summed E-state index contributed by atoms with van der Waals surface area (Å²) in [6, 6.07) is 4.61. The number of carbonyl (C=O) groups excluding carboxylic acids is 2. The highest BCUT2D eigenvalue weighted by Crippen LogP contribution is 2.30. The molecule has 30 heavy (non-hydrogen) atoms. The van der Waals surface area contributed by atoms with Gasteiger partial charge in [0.25, 0.3) is 5.91 Å². The van der Waals surface area contributed by atoms with Crippen LogP contribution < -0.4 is 21.0 Å². The first-order valence-electron chi connectivity index (χ1n) is 9.26. The van der Waals surface area contributed by atoms with Gasteiger partial charge in [0, 0.05) is 6.54 Å². The first kappa shape index (κ1) is 21.3. The van der Waals surface area contributed by atoms with Gasteiger partial charge in [-0.3, -0.25) is 9.59 Å². The number of nitrogens with two attached hydrogens (primary N) is 1. The highest BCUT2D eigenvalue weighted by atomic mass is 16.5. The van der Waals surface area contributed by atoms with Crippen LogP contribution in [0.5, 0.6) is 5.75 Å². The van der Waals surface area contributed by atoms with Gasteiger partial charge < -0.3 is 31.2 Å². The van der Waals surface area contributed by atoms with Crippen molar-refractivity contribution in [1.29, 1.82) is 0 Å². The van der Waals surface area contributed by atoms with E-state index in [2.05, 4.69) is 20.9 Å². The highest BCUT2D eigenvalue weighted by molar-refractivity contribution is 6.47. The Balaban J connectivity index is 1.59. The molecule has 0 radical (unpaired) electrons. The van der Waals surface area contributed by atoms with Crippen LogP contribution in [0.25, 0.3) is 0 Å². The minimum atomic E-state index is -1.42. The Morgan fingerprint density at radius 2 is 2.17 bits per heavy atom. The van der Waals surface area contributed by atoms with E-state index in [9.17, 15) is 24.5 Å². The summed E-state index contributed by atoms with van der Waals surface area (Å²) in [6.45, 7) is 0.633. The number of para-hydroxylation sites is 1. The lowest BCUT2D eigenvalue weighted by Crippen LogP contribution is -2.53. The van der Waals surface area contributed by atoms with Crippen LogP contribution in [0.4, 0.5) is 0 Å². The third-order valence-electron chi connectivity index (χ3n) is 4.44. The number of hydrogen-bond acceptors (Lipinski definition) is 8. The van der Waals surface area contributed by atoms with Crippen molar-refractivity contribution < 1.29 is 29.2 Å². The van der Waals surface area contributed by atoms with Crippen molar-refractivity contribution in [3.63, 3.8) is 0 Å². The molecule has 1 aromatic heterocycles. The molecule has 3 rings (SSSR count). The highest BCUT2D eigenvalue weighted by Gasteiger charge is 2.37. The molecule has 0 spiro atoms. The maximum absolute atomic E-state index is 12.3. The number of carboxylic acid groups (broad SMARTS) is 1. The van der Waals surface area contributed by atoms with E-state index in [1.807, 2.05) is 0 Å². The third-order valence-corrected chi connectivity index (χ3v) is 4.44. The number of aromatic carboxylic acids is 1. The summed E-state index contributed by atoms with van der Waals surface area (Å²) in [5.41, 5.74) is 5.93. The van der Waals surface area contributed by atoms with E-state index in [0.29, 0.717) is 25.1 Å². The average molecular weight is 416 g/mol. The number of fused-ring (bicyclic) bond motifs is 1. The van der Waals surface area contributed by atoms with Gasteiger partial charge in [0.1, 0.15) is 12.3 Å². The van der Waals surface area contributed by atoms with E-state index in [0.717, 1.165) is 0 Å². The second-order valence-electron chi connectivity index (χ2n) is 6.69. The largest absolute Gasteiger partial charge is 0.547 e. The number of hydrogen-bond donors (Lipinski definition) is 5. The molecule has 0 unspecified atom stereocenters. The van der Waals surface area contributed by atoms with E-state index in [-0.39, 0.29) is 30.0 Å². The fraction of sp³-hybridized carbons (Fsp3) is 0.353. The molecule has 1 aromatic carbocycles. The number of rotatable bonds is 8. The molecule has 2 amide bonds. The molecule has 0 saturated heterocycles. The fourth-order valence-corrected chi connectivity index (χ4v) is 2.99. The van der Waals surface area contributed by atoms with Crippen molar-refractivity contribution in [2.45, 2.75) is 25.3 Å². The zero-order valence-corrected chi connectivity index (χ0v) is 15.9. The molecule has 12 nitrogen and oxygen atoms in total. The molecule has 1 atom stereocenters. The van der Waals surface area contributed by atoms with E-state index in [4.69, 9.17) is 10.4 Å². The molecule has 6 N–H and O–H groups in total. The van der Waals surface area contributed by atoms with Crippen LogP contribution in [0.2, 0.25) is 0 Å². The second-order valence-corrected chi connectivity index (χ2v) is 6.69. The minimum Gasteiger partial charge on any atom is -0.534 e. The van der Waals surface area contributed by atoms with Crippen LogP contribution in [0.1, 0.15) is 32.8 Å². The maximum Gasteiger partial charge on any atom is 0.547 e. The van der Waals surface area contributed by atoms with Crippen molar-refractivity contribution >= 4 is 24.9 Å². The van der Waals surface area contributed by atoms with Gasteiger partial charge in [0.2, 0.25) is 5.91 Å². The maximum atomic E-state index is 12.3. The summed E-state index contributed by atoms with van der Waals surface area (Å²) in [5.74, 6) is -2.77. The monoisotopic (exact) mass is 416 g/mol. The topological polar surface area (TPSA) is 182 Å². The molecular weight excluding hydrogens is 395 g/mol. The molecule has 0 saturated carbocycles. The Morgan fingerprint density at radius 1 is 1.37 bits per heavy atom. The lowest BCUT2D eigenvalue weighted by atomic mass is 9.72. The van der Waals surface area contributed by atoms with Crippen LogP contribution in [-0.4, -0.2) is 69.1 Å². The Hall–Kier alpha value is -3.45. The zero-order chi connectivity index (χ0) is 21.7. The third kappa shape index (κ3) is 4.93. The van der Waals surface area contributed by atoms with E-state index < -0.39 is 30.8 Å². The summed E-state index contributed by atoms with van der Waals surface area (Å²) in [6.07, 6.45) is 2.15. The van der Waals surface area contributed by atoms with Gasteiger partial charge in [-0.2, -0.15) is 0 Å². The average Bonchev–Trinajstić information content (AvgIpc) is 3.16. The molecule has 0 fully saturated rings. The Morgan fingerprint density at radius 3 is 2.90 bits per heavy atom. The number of benzene rings is 1. The quantitative estimate of drug-likeness (QED) is 0.245. The standard InChI is InChI=1S/C17H21BN6O6/c19-5-2-6-20-16(26)12-8-24(23-22-12)9-14(25)21-13-7-10-3-1-4-11(17(27)28)15(10)30-18(13)29/h1,3-4,8,13,29H,2,5-7,9,19H2,(H,20,26)(H,21,25)(H,27,28)/t13-/m0/s1. The van der Waals surface area contributed by atoms with E-state index >= 15 is 0 Å². The lowest BCUT2D eigenvalue weighted by molar-refractivity contribution is -0.122. The van der Waals surface area contributed by atoms with Crippen LogP contribution in [0.3, 0.4) is 0 Å². The molecule has 13 heteroatoms. The van der Waals surface area contributed by atoms with Crippen LogP contribution in [-0.2, 0) is 17.8 Å². The van der Waals surface area contributed by atoms with Crippen LogP contribution >= 0.6 is 0 Å². The number of carbonyl (C=O) groups is 3. The first-order chi connectivity index (χ1) is 14.4. The molecule has 0 bridgehead atoms. The van der Waals surface area contributed by atoms with Crippen molar-refractivity contribution in [3.8, 4) is 5.75 Å². The second kappa shape index (κ2) is 9.37. The molecule has 1 aliphatic heterocycles. The minimum absolute atomic E-state index is 0.0591. The van der Waals surface area contributed by atoms with Crippen molar-refractivity contribution in [2.24, 2.45) is 5.73 Å². The number of aromatic nitrogens is 3. The Labute approximate surface area is 171 Å². The van der Waals surface area contributed by atoms with Gasteiger partial charge in [-0.25, -0.2) is 9.48 Å². The van der Waals surface area contributed by atoms with E-state index in [1.54, 1.807) is 12.1 Å². The SMILES string of the molecule is NCCCNC(=O)c1cn(CC(=O)N[C@H]2Cc3cccc(C(=O)O)c3OB2O)nn1. The number of carboxylic acids is 1. The zero-order valence-electron chi connectivity index (χ0n) is 15.9. The van der Waals surface area contributed by atoms with Gasteiger partial charge in [-0.15, -0.1) is 5.10 Å². The number of nitrogens with one attached hydrogen (secondary N) is 2. The van der Waals surface area contributed by atoms with Crippen molar-refractivity contribution in [3.05, 3.63) is 41.2 Å². The predicted octanol–water partition coefficient (Wildman–Crippen LogP) is -1.81. The molecule has 2 aromatic rings. The smallest absolute Gasteiger partial charge is 0.534 e. The van der Waals surface area contributed by atoms with Gasteiger partial charge in [0.05, 0.1) is 17.7 Å². The van der Waals surface area contributed by atoms with Gasteiger partial charge in [0.15, 0.2) is 5.69 Å². The summed E-state index contributed by atoms with van der Waals surface area (Å²) in [7, 11) is -1.42. The van der Waals surface area contributed by atoms with Gasteiger partial charge in [-0.1, -0.05) is 17.3 Å². The number of amides is 2. The predicted molar refractivity (Wildman–Crippen MR) is 104 cm³/mol. The van der Waals surface area contributed by atoms with Gasteiger partial charge in [-0.05, 0) is 31.0 Å². The molecule has 1 aliphatic rings. The van der Waals surface area contributed by atoms with Gasteiger partial charge >= 0.3 is 13.1 Å². The van der Waals surface area contributed by atoms with Crippen LogP contribution in [0, 0.1) is 0 Å². The summed E-state index contributed by atoms with van der Waals surface area (Å²) < 4.78 is 6.53. The molecular formula is C17H21BN6O6. The molecule has 2 heterocycles. The van der Waals surface area contributed by atoms with E-state index in [1.165, 1.54) is 16.9 Å². The van der Waals surface area contributed by atoms with Crippen molar-refractivity contribution in [1.82, 2.24) is 25.6 Å². The number of nitrogens with zero attached hydrogens (tertiary/aromatic N) is 3. The molecule has 158 valence electrons. The van der Waals surface area contributed by atoms with Crippen LogP contribution in [0.15, 0.2) is 24.4 Å².